The van der Waals surface area contributed by atoms with E-state index in [1.165, 1.54) is 0 Å². The Balaban J connectivity index is 3.74. The Morgan fingerprint density at radius 3 is 2.67 bits per heavy atom. The largest absolute Gasteiger partial charge is 0.396 e. The summed E-state index contributed by atoms with van der Waals surface area (Å²) in [5, 5.41) is 17.7. The number of hydrogen-bond donors (Lipinski definition) is 2. The third-order valence-corrected chi connectivity index (χ3v) is 1.50. The van der Waals surface area contributed by atoms with E-state index in [2.05, 4.69) is 4.74 Å². The minimum atomic E-state index is -0.970. The van der Waals surface area contributed by atoms with Crippen molar-refractivity contribution in [3.05, 3.63) is 0 Å². The van der Waals surface area contributed by atoms with Gasteiger partial charge in [0.1, 0.15) is 0 Å². The molecule has 0 saturated carbocycles. The minimum Gasteiger partial charge on any atom is -0.396 e. The van der Waals surface area contributed by atoms with Crippen LogP contribution < -0.4 is 0 Å². The molecule has 70 valence electrons. The van der Waals surface area contributed by atoms with Crippen LogP contribution in [-0.4, -0.2) is 35.4 Å². The van der Waals surface area contributed by atoms with Crippen LogP contribution in [0.5, 0.6) is 0 Å². The van der Waals surface area contributed by atoms with E-state index < -0.39 is 18.0 Å². The molecule has 0 spiro atoms. The normalized spacial score (nSPS) is 14.9. The summed E-state index contributed by atoms with van der Waals surface area (Å²) in [7, 11) is 0. The van der Waals surface area contributed by atoms with E-state index in [1.807, 2.05) is 0 Å². The van der Waals surface area contributed by atoms with Crippen LogP contribution in [-0.2, 0) is 14.3 Å². The lowest BCUT2D eigenvalue weighted by atomic mass is 10.0. The molecule has 0 fully saturated rings. The maximum Gasteiger partial charge on any atom is 0.315 e. The Kier molecular flexibility index (Phi) is 5.23. The molecule has 2 N–H and O–H groups in total. The number of aliphatic hydroxyl groups is 2. The van der Waals surface area contributed by atoms with Gasteiger partial charge in [-0.25, -0.2) is 0 Å². The van der Waals surface area contributed by atoms with Crippen LogP contribution in [0.15, 0.2) is 0 Å². The molecule has 5 heteroatoms. The summed E-state index contributed by atoms with van der Waals surface area (Å²) in [5.74, 6) is -1.19. The first-order valence-electron chi connectivity index (χ1n) is 3.53. The van der Waals surface area contributed by atoms with Gasteiger partial charge in [0, 0.05) is 12.5 Å². The van der Waals surface area contributed by atoms with Crippen molar-refractivity contribution in [1.82, 2.24) is 0 Å². The predicted octanol–water partition coefficient (Wildman–Crippen LogP) is -0.935. The molecule has 0 aliphatic carbocycles. The Bertz CT molecular complexity index is 156. The quantitative estimate of drug-likeness (QED) is 0.321. The van der Waals surface area contributed by atoms with Gasteiger partial charge in [0.15, 0.2) is 0 Å². The first kappa shape index (κ1) is 11.1. The highest BCUT2D eigenvalue weighted by atomic mass is 16.6. The standard InChI is InChI=1S/C7H12O5/c1-5(3-8)6(10)2-7(11)12-4-9/h4-6,8,10H,2-3H2,1H3. The van der Waals surface area contributed by atoms with E-state index in [1.54, 1.807) is 6.92 Å². The van der Waals surface area contributed by atoms with Gasteiger partial charge in [0.05, 0.1) is 12.5 Å². The molecule has 2 atom stereocenters. The smallest absolute Gasteiger partial charge is 0.315 e. The molecule has 0 bridgehead atoms. The van der Waals surface area contributed by atoms with E-state index >= 15 is 0 Å². The summed E-state index contributed by atoms with van der Waals surface area (Å²) in [6, 6.07) is 0. The summed E-state index contributed by atoms with van der Waals surface area (Å²) < 4.78 is 3.95. The fourth-order valence-electron chi connectivity index (χ4n) is 0.595. The van der Waals surface area contributed by atoms with Crippen molar-refractivity contribution in [2.45, 2.75) is 19.4 Å². The summed E-state index contributed by atoms with van der Waals surface area (Å²) >= 11 is 0. The minimum absolute atomic E-state index is 0.0126. The van der Waals surface area contributed by atoms with Gasteiger partial charge < -0.3 is 14.9 Å². The van der Waals surface area contributed by atoms with Gasteiger partial charge in [-0.2, -0.15) is 0 Å². The van der Waals surface area contributed by atoms with E-state index in [0.29, 0.717) is 0 Å². The van der Waals surface area contributed by atoms with Gasteiger partial charge >= 0.3 is 12.4 Å². The van der Waals surface area contributed by atoms with Gasteiger partial charge in [0.2, 0.25) is 0 Å². The molecule has 0 rings (SSSR count). The second-order valence-corrected chi connectivity index (χ2v) is 2.52. The van der Waals surface area contributed by atoms with Crippen molar-refractivity contribution in [3.63, 3.8) is 0 Å². The Hall–Kier alpha value is -0.940. The van der Waals surface area contributed by atoms with Gasteiger partial charge in [-0.3, -0.25) is 9.59 Å². The number of hydrogen-bond acceptors (Lipinski definition) is 5. The molecule has 0 amide bonds. The lowest BCUT2D eigenvalue weighted by Crippen LogP contribution is -2.24. The average Bonchev–Trinajstić information content (AvgIpc) is 2.03. The summed E-state index contributed by atoms with van der Waals surface area (Å²) in [6.45, 7) is 1.38. The maximum absolute atomic E-state index is 10.6. The van der Waals surface area contributed by atoms with Crippen LogP contribution in [0, 0.1) is 5.92 Å². The fourth-order valence-corrected chi connectivity index (χ4v) is 0.595. The summed E-state index contributed by atoms with van der Waals surface area (Å²) in [4.78, 5) is 20.2. The molecule has 12 heavy (non-hydrogen) atoms. The second kappa shape index (κ2) is 5.68. The van der Waals surface area contributed by atoms with Crippen LogP contribution in [0.2, 0.25) is 0 Å². The molecule has 0 aromatic carbocycles. The lowest BCUT2D eigenvalue weighted by molar-refractivity contribution is -0.153. The van der Waals surface area contributed by atoms with E-state index in [9.17, 15) is 9.59 Å². The number of esters is 1. The zero-order valence-electron chi connectivity index (χ0n) is 6.77. The van der Waals surface area contributed by atoms with E-state index in [0.717, 1.165) is 0 Å². The van der Waals surface area contributed by atoms with Crippen molar-refractivity contribution in [3.8, 4) is 0 Å². The zero-order chi connectivity index (χ0) is 9.56. The number of carbonyl (C=O) groups excluding carboxylic acids is 2. The highest BCUT2D eigenvalue weighted by Gasteiger charge is 2.17. The maximum atomic E-state index is 10.6. The molecule has 0 saturated heterocycles. The molecule has 5 nitrogen and oxygen atoms in total. The van der Waals surface area contributed by atoms with Crippen LogP contribution in [0.4, 0.5) is 0 Å². The molecule has 0 aromatic rings. The highest BCUT2D eigenvalue weighted by molar-refractivity contribution is 5.76. The molecule has 0 aliphatic heterocycles. The van der Waals surface area contributed by atoms with Crippen LogP contribution in [0.3, 0.4) is 0 Å². The zero-order valence-corrected chi connectivity index (χ0v) is 6.77. The average molecular weight is 176 g/mol. The van der Waals surface area contributed by atoms with Crippen molar-refractivity contribution in [1.29, 1.82) is 0 Å². The first-order valence-corrected chi connectivity index (χ1v) is 3.53. The third-order valence-electron chi connectivity index (χ3n) is 1.50. The van der Waals surface area contributed by atoms with E-state index in [4.69, 9.17) is 10.2 Å². The second-order valence-electron chi connectivity index (χ2n) is 2.52. The molecule has 2 unspecified atom stereocenters. The fraction of sp³-hybridized carbons (Fsp3) is 0.714. The SMILES string of the molecule is CC(CO)C(O)CC(=O)OC=O. The molecular formula is C7H12O5. The number of carbonyl (C=O) groups is 2. The number of aliphatic hydroxyl groups excluding tert-OH is 2. The molecule has 0 radical (unpaired) electrons. The highest BCUT2D eigenvalue weighted by Crippen LogP contribution is 2.06. The van der Waals surface area contributed by atoms with Gasteiger partial charge in [-0.15, -0.1) is 0 Å². The van der Waals surface area contributed by atoms with Gasteiger partial charge in [0.25, 0.3) is 0 Å². The first-order chi connectivity index (χ1) is 5.61. The van der Waals surface area contributed by atoms with E-state index in [-0.39, 0.29) is 19.5 Å². The molecule has 0 aliphatic rings. The van der Waals surface area contributed by atoms with Crippen molar-refractivity contribution in [2.24, 2.45) is 5.92 Å². The number of rotatable bonds is 5. The van der Waals surface area contributed by atoms with Crippen LogP contribution in [0.25, 0.3) is 0 Å². The molecule has 0 aromatic heterocycles. The van der Waals surface area contributed by atoms with Crippen molar-refractivity contribution in [2.75, 3.05) is 6.61 Å². The number of ether oxygens (including phenoxy) is 1. The third kappa shape index (κ3) is 4.05. The van der Waals surface area contributed by atoms with Crippen LogP contribution >= 0.6 is 0 Å². The van der Waals surface area contributed by atoms with Crippen molar-refractivity contribution >= 4 is 12.4 Å². The topological polar surface area (TPSA) is 83.8 Å². The Morgan fingerprint density at radius 2 is 2.25 bits per heavy atom. The van der Waals surface area contributed by atoms with Gasteiger partial charge in [-0.05, 0) is 0 Å². The molecular weight excluding hydrogens is 164 g/mol. The Morgan fingerprint density at radius 1 is 1.67 bits per heavy atom. The van der Waals surface area contributed by atoms with Crippen molar-refractivity contribution < 1.29 is 24.5 Å². The summed E-state index contributed by atoms with van der Waals surface area (Å²) in [6.07, 6.45) is -1.25. The Labute approximate surface area is 70.0 Å². The summed E-state index contributed by atoms with van der Waals surface area (Å²) in [5.41, 5.74) is 0. The predicted molar refractivity (Wildman–Crippen MR) is 39.0 cm³/mol. The monoisotopic (exact) mass is 176 g/mol. The molecule has 0 heterocycles. The lowest BCUT2D eigenvalue weighted by Gasteiger charge is -2.13. The van der Waals surface area contributed by atoms with Gasteiger partial charge in [-0.1, -0.05) is 6.92 Å². The van der Waals surface area contributed by atoms with Crippen LogP contribution in [0.1, 0.15) is 13.3 Å².